The van der Waals surface area contributed by atoms with Gasteiger partial charge in [-0.25, -0.2) is 9.97 Å². The van der Waals surface area contributed by atoms with Gasteiger partial charge in [0.1, 0.15) is 0 Å². The zero-order valence-corrected chi connectivity index (χ0v) is 23.9. The predicted molar refractivity (Wildman–Crippen MR) is 159 cm³/mol. The summed E-state index contributed by atoms with van der Waals surface area (Å²) >= 11 is 2.84. The Morgan fingerprint density at radius 1 is 0.658 bits per heavy atom. The third-order valence-electron chi connectivity index (χ3n) is 6.30. The smallest absolute Gasteiger partial charge is 0.226 e. The second-order valence-electron chi connectivity index (χ2n) is 9.93. The third kappa shape index (κ3) is 7.58. The van der Waals surface area contributed by atoms with E-state index >= 15 is 0 Å². The molecule has 4 aromatic rings. The number of nitrogens with zero attached hydrogens (tertiary/aromatic N) is 2. The van der Waals surface area contributed by atoms with E-state index in [4.69, 9.17) is 0 Å². The van der Waals surface area contributed by atoms with Crippen molar-refractivity contribution in [2.24, 2.45) is 0 Å². The summed E-state index contributed by atoms with van der Waals surface area (Å²) in [6, 6.07) is 16.7. The molecule has 0 aliphatic heterocycles. The van der Waals surface area contributed by atoms with Crippen molar-refractivity contribution < 1.29 is 9.59 Å². The molecule has 0 spiro atoms. The molecule has 0 bridgehead atoms. The predicted octanol–water partition coefficient (Wildman–Crippen LogP) is 8.32. The van der Waals surface area contributed by atoms with Gasteiger partial charge in [0.15, 0.2) is 10.3 Å². The summed E-state index contributed by atoms with van der Waals surface area (Å²) in [5, 5.41) is 10.8. The van der Waals surface area contributed by atoms with Gasteiger partial charge in [-0.05, 0) is 35.8 Å². The second kappa shape index (κ2) is 12.9. The Labute approximate surface area is 232 Å². The van der Waals surface area contributed by atoms with Crippen LogP contribution in [0.3, 0.4) is 0 Å². The summed E-state index contributed by atoms with van der Waals surface area (Å²) in [4.78, 5) is 33.8. The van der Waals surface area contributed by atoms with E-state index in [9.17, 15) is 9.59 Å². The average molecular weight is 547 g/mol. The molecule has 6 nitrogen and oxygen atoms in total. The van der Waals surface area contributed by atoms with E-state index in [1.807, 2.05) is 10.8 Å². The maximum Gasteiger partial charge on any atom is 0.226 e. The number of carbonyl (C=O) groups excluding carboxylic acids is 2. The maximum absolute atomic E-state index is 12.4. The van der Waals surface area contributed by atoms with Crippen LogP contribution in [0.1, 0.15) is 76.3 Å². The number of hydrogen-bond donors (Lipinski definition) is 2. The molecule has 0 saturated heterocycles. The molecule has 0 unspecified atom stereocenters. The van der Waals surface area contributed by atoms with Crippen LogP contribution in [0.2, 0.25) is 0 Å². The SMILES string of the molecule is CC(C)c1ccc(-c2csc(NC(=O)CCCCC(=O)Nc3nc(-c4ccc(C(C)C)cc4)cs3)n2)cc1. The number of nitrogens with one attached hydrogen (secondary N) is 2. The monoisotopic (exact) mass is 546 g/mol. The van der Waals surface area contributed by atoms with Gasteiger partial charge in [-0.15, -0.1) is 22.7 Å². The minimum Gasteiger partial charge on any atom is -0.302 e. The second-order valence-corrected chi connectivity index (χ2v) is 11.6. The first-order valence-corrected chi connectivity index (χ1v) is 14.8. The number of hydrogen-bond acceptors (Lipinski definition) is 6. The highest BCUT2D eigenvalue weighted by molar-refractivity contribution is 7.14. The molecule has 2 heterocycles. The average Bonchev–Trinajstić information content (AvgIpc) is 3.56. The van der Waals surface area contributed by atoms with Crippen molar-refractivity contribution >= 4 is 44.8 Å². The molecule has 2 N–H and O–H groups in total. The first-order chi connectivity index (χ1) is 18.3. The molecule has 0 atom stereocenters. The van der Waals surface area contributed by atoms with Gasteiger partial charge < -0.3 is 10.6 Å². The van der Waals surface area contributed by atoms with Crippen molar-refractivity contribution in [1.29, 1.82) is 0 Å². The van der Waals surface area contributed by atoms with E-state index in [0.29, 0.717) is 47.8 Å². The van der Waals surface area contributed by atoms with Crippen LogP contribution in [0.5, 0.6) is 0 Å². The number of aromatic nitrogens is 2. The summed E-state index contributed by atoms with van der Waals surface area (Å²) in [5.74, 6) is 0.793. The molecule has 2 aromatic heterocycles. The lowest BCUT2D eigenvalue weighted by Gasteiger charge is -2.05. The fourth-order valence-corrected chi connectivity index (χ4v) is 5.41. The molecule has 2 amide bonds. The van der Waals surface area contributed by atoms with Crippen LogP contribution >= 0.6 is 22.7 Å². The van der Waals surface area contributed by atoms with Crippen LogP contribution in [0.25, 0.3) is 22.5 Å². The first kappa shape index (κ1) is 27.7. The van der Waals surface area contributed by atoms with E-state index in [2.05, 4.69) is 96.8 Å². The van der Waals surface area contributed by atoms with E-state index in [0.717, 1.165) is 22.5 Å². The number of thiazole rings is 2. The van der Waals surface area contributed by atoms with E-state index in [1.54, 1.807) is 0 Å². The molecule has 198 valence electrons. The zero-order valence-electron chi connectivity index (χ0n) is 22.3. The van der Waals surface area contributed by atoms with E-state index < -0.39 is 0 Å². The number of benzene rings is 2. The number of anilines is 2. The molecule has 38 heavy (non-hydrogen) atoms. The molecule has 0 saturated carbocycles. The van der Waals surface area contributed by atoms with Gasteiger partial charge in [-0.1, -0.05) is 76.2 Å². The molecular formula is C30H34N4O2S2. The molecular weight excluding hydrogens is 512 g/mol. The molecule has 0 radical (unpaired) electrons. The van der Waals surface area contributed by atoms with Crippen LogP contribution in [0.4, 0.5) is 10.3 Å². The first-order valence-electron chi connectivity index (χ1n) is 13.0. The third-order valence-corrected chi connectivity index (χ3v) is 7.82. The molecule has 2 aromatic carbocycles. The van der Waals surface area contributed by atoms with Crippen molar-refractivity contribution in [2.45, 2.75) is 65.2 Å². The summed E-state index contributed by atoms with van der Waals surface area (Å²) in [6.45, 7) is 8.68. The lowest BCUT2D eigenvalue weighted by molar-refractivity contribution is -0.118. The Morgan fingerprint density at radius 2 is 1.03 bits per heavy atom. The van der Waals surface area contributed by atoms with Crippen molar-refractivity contribution in [3.63, 3.8) is 0 Å². The van der Waals surface area contributed by atoms with Crippen LogP contribution in [0, 0.1) is 0 Å². The van der Waals surface area contributed by atoms with Gasteiger partial charge in [-0.2, -0.15) is 0 Å². The van der Waals surface area contributed by atoms with Gasteiger partial charge in [-0.3, -0.25) is 9.59 Å². The van der Waals surface area contributed by atoms with Crippen LogP contribution in [0.15, 0.2) is 59.3 Å². The van der Waals surface area contributed by atoms with E-state index in [1.165, 1.54) is 33.8 Å². The Balaban J connectivity index is 1.17. The highest BCUT2D eigenvalue weighted by Gasteiger charge is 2.11. The molecule has 4 rings (SSSR count). The minimum atomic E-state index is -0.0884. The Bertz CT molecular complexity index is 1250. The number of rotatable bonds is 11. The number of unbranched alkanes of at least 4 members (excludes halogenated alkanes) is 1. The molecule has 8 heteroatoms. The fourth-order valence-electron chi connectivity index (χ4n) is 3.94. The van der Waals surface area contributed by atoms with Crippen molar-refractivity contribution in [2.75, 3.05) is 10.6 Å². The molecule has 0 aliphatic rings. The van der Waals surface area contributed by atoms with Gasteiger partial charge in [0, 0.05) is 34.7 Å². The van der Waals surface area contributed by atoms with Crippen molar-refractivity contribution in [3.8, 4) is 22.5 Å². The largest absolute Gasteiger partial charge is 0.302 e. The molecule has 0 fully saturated rings. The summed E-state index contributed by atoms with van der Waals surface area (Å²) in [6.07, 6.45) is 1.94. The number of amides is 2. The standard InChI is InChI=1S/C30H34N4O2S2/c1-19(2)21-9-13-23(14-10-21)25-17-37-29(31-25)33-27(35)7-5-6-8-28(36)34-30-32-26(18-38-30)24-15-11-22(12-16-24)20(3)4/h9-20H,5-8H2,1-4H3,(H,31,33,35)(H,32,34,36). The Hall–Kier alpha value is -3.36. The van der Waals surface area contributed by atoms with Gasteiger partial charge in [0.2, 0.25) is 11.8 Å². The maximum atomic E-state index is 12.4. The van der Waals surface area contributed by atoms with Crippen LogP contribution in [-0.2, 0) is 9.59 Å². The summed E-state index contributed by atoms with van der Waals surface area (Å²) < 4.78 is 0. The van der Waals surface area contributed by atoms with Gasteiger partial charge in [0.05, 0.1) is 11.4 Å². The molecule has 0 aliphatic carbocycles. The Morgan fingerprint density at radius 3 is 1.37 bits per heavy atom. The van der Waals surface area contributed by atoms with Crippen LogP contribution in [-0.4, -0.2) is 21.8 Å². The van der Waals surface area contributed by atoms with E-state index in [-0.39, 0.29) is 11.8 Å². The Kier molecular flexibility index (Phi) is 9.42. The van der Waals surface area contributed by atoms with Gasteiger partial charge in [0.25, 0.3) is 0 Å². The number of carbonyl (C=O) groups is 2. The normalized spacial score (nSPS) is 11.2. The highest BCUT2D eigenvalue weighted by atomic mass is 32.1. The quantitative estimate of drug-likeness (QED) is 0.185. The topological polar surface area (TPSA) is 84.0 Å². The van der Waals surface area contributed by atoms with Crippen molar-refractivity contribution in [1.82, 2.24) is 9.97 Å². The van der Waals surface area contributed by atoms with Crippen LogP contribution < -0.4 is 10.6 Å². The fraction of sp³-hybridized carbons (Fsp3) is 0.333. The lowest BCUT2D eigenvalue weighted by Crippen LogP contribution is -2.13. The highest BCUT2D eigenvalue weighted by Crippen LogP contribution is 2.28. The summed E-state index contributed by atoms with van der Waals surface area (Å²) in [7, 11) is 0. The van der Waals surface area contributed by atoms with Gasteiger partial charge >= 0.3 is 0 Å². The minimum absolute atomic E-state index is 0.0884. The summed E-state index contributed by atoms with van der Waals surface area (Å²) in [5.41, 5.74) is 6.36. The van der Waals surface area contributed by atoms with Crippen molar-refractivity contribution in [3.05, 3.63) is 70.4 Å². The zero-order chi connectivity index (χ0) is 27.1. The lowest BCUT2D eigenvalue weighted by atomic mass is 10.0.